The molecule has 0 bridgehead atoms. The Bertz CT molecular complexity index is 716. The highest BCUT2D eigenvalue weighted by Crippen LogP contribution is 2.05. The molecular formula is C24H32O6. The van der Waals surface area contributed by atoms with Gasteiger partial charge in [-0.05, 0) is 25.0 Å². The van der Waals surface area contributed by atoms with Crippen LogP contribution >= 0.6 is 0 Å². The third-order valence-electron chi connectivity index (χ3n) is 3.17. The van der Waals surface area contributed by atoms with E-state index >= 15 is 0 Å². The summed E-state index contributed by atoms with van der Waals surface area (Å²) in [5.74, 6) is -1.08. The summed E-state index contributed by atoms with van der Waals surface area (Å²) < 4.78 is 13.5. The van der Waals surface area contributed by atoms with Gasteiger partial charge in [0.25, 0.3) is 0 Å². The van der Waals surface area contributed by atoms with Crippen LogP contribution in [-0.2, 0) is 28.6 Å². The number of esters is 3. The minimum Gasteiger partial charge on any atom is -0.466 e. The number of methoxy groups -OCH3 is 2. The molecule has 0 atom stereocenters. The van der Waals surface area contributed by atoms with Gasteiger partial charge in [0.15, 0.2) is 0 Å². The molecule has 0 amide bonds. The zero-order valence-corrected chi connectivity index (χ0v) is 18.3. The van der Waals surface area contributed by atoms with Gasteiger partial charge in [0, 0.05) is 11.6 Å². The fourth-order valence-corrected chi connectivity index (χ4v) is 1.49. The molecule has 6 heteroatoms. The van der Waals surface area contributed by atoms with E-state index in [2.05, 4.69) is 36.1 Å². The molecule has 0 radical (unpaired) electrons. The Morgan fingerprint density at radius 3 is 1.97 bits per heavy atom. The van der Waals surface area contributed by atoms with Crippen LogP contribution in [-0.4, -0.2) is 38.7 Å². The Balaban J connectivity index is 0. The van der Waals surface area contributed by atoms with Crippen molar-refractivity contribution in [3.05, 3.63) is 78.9 Å². The molecule has 1 aromatic rings. The number of benzene rings is 1. The number of carbonyl (C=O) groups is 3. The first-order valence-corrected chi connectivity index (χ1v) is 9.26. The van der Waals surface area contributed by atoms with Crippen molar-refractivity contribution < 1.29 is 28.6 Å². The molecular weight excluding hydrogens is 384 g/mol. The molecule has 0 fully saturated rings. The summed E-state index contributed by atoms with van der Waals surface area (Å²) >= 11 is 0. The fraction of sp³-hybridized carbons (Fsp3) is 0.292. The Hall–Kier alpha value is -3.41. The van der Waals surface area contributed by atoms with E-state index in [1.54, 1.807) is 13.0 Å². The molecule has 30 heavy (non-hydrogen) atoms. The molecule has 0 aliphatic carbocycles. The molecule has 6 nitrogen and oxygen atoms in total. The van der Waals surface area contributed by atoms with E-state index in [0.29, 0.717) is 17.8 Å². The summed E-state index contributed by atoms with van der Waals surface area (Å²) in [5, 5.41) is 0. The average Bonchev–Trinajstić information content (AvgIpc) is 2.77. The average molecular weight is 417 g/mol. The zero-order valence-electron chi connectivity index (χ0n) is 18.3. The summed E-state index contributed by atoms with van der Waals surface area (Å²) in [5.41, 5.74) is 1.85. The number of hydrogen-bond donors (Lipinski definition) is 0. The Morgan fingerprint density at radius 1 is 1.00 bits per heavy atom. The van der Waals surface area contributed by atoms with Crippen LogP contribution in [0.15, 0.2) is 73.4 Å². The van der Waals surface area contributed by atoms with Gasteiger partial charge in [-0.3, -0.25) is 0 Å². The monoisotopic (exact) mass is 416 g/mol. The van der Waals surface area contributed by atoms with E-state index in [-0.39, 0.29) is 11.9 Å². The quantitative estimate of drug-likeness (QED) is 0.201. The molecule has 0 N–H and O–H groups in total. The number of hydrogen-bond acceptors (Lipinski definition) is 6. The van der Waals surface area contributed by atoms with Crippen molar-refractivity contribution in [3.8, 4) is 0 Å². The van der Waals surface area contributed by atoms with Crippen molar-refractivity contribution in [2.75, 3.05) is 20.8 Å². The Kier molecular flexibility index (Phi) is 18.2. The van der Waals surface area contributed by atoms with Crippen molar-refractivity contribution in [2.45, 2.75) is 26.7 Å². The van der Waals surface area contributed by atoms with Gasteiger partial charge < -0.3 is 14.2 Å². The lowest BCUT2D eigenvalue weighted by Crippen LogP contribution is -2.06. The summed E-state index contributed by atoms with van der Waals surface area (Å²) in [6, 6.07) is 9.77. The maximum atomic E-state index is 11.5. The van der Waals surface area contributed by atoms with Gasteiger partial charge in [0.05, 0.1) is 26.4 Å². The molecule has 0 heterocycles. The van der Waals surface area contributed by atoms with Crippen molar-refractivity contribution in [3.63, 3.8) is 0 Å². The van der Waals surface area contributed by atoms with E-state index in [1.165, 1.54) is 14.2 Å². The molecule has 164 valence electrons. The summed E-state index contributed by atoms with van der Waals surface area (Å²) in [6.45, 7) is 14.3. The normalized spacial score (nSPS) is 9.07. The van der Waals surface area contributed by atoms with Crippen molar-refractivity contribution in [1.29, 1.82) is 0 Å². The molecule has 0 unspecified atom stereocenters. The molecule has 0 saturated carbocycles. The molecule has 0 aromatic heterocycles. The van der Waals surface area contributed by atoms with Gasteiger partial charge in [0.2, 0.25) is 0 Å². The SMILES string of the molecule is C=C(C)C(=O)OC.C=C(C=Cc1ccccc1)C(=O)OCCCC.C=CC(=O)OC. The minimum atomic E-state index is -0.394. The highest BCUT2D eigenvalue weighted by Gasteiger charge is 2.04. The predicted molar refractivity (Wildman–Crippen MR) is 120 cm³/mol. The van der Waals surface area contributed by atoms with Crippen LogP contribution in [0.5, 0.6) is 0 Å². The zero-order chi connectivity index (χ0) is 23.4. The lowest BCUT2D eigenvalue weighted by atomic mass is 10.2. The third kappa shape index (κ3) is 16.7. The summed E-state index contributed by atoms with van der Waals surface area (Å²) in [7, 11) is 2.64. The molecule has 0 spiro atoms. The second kappa shape index (κ2) is 18.9. The summed E-state index contributed by atoms with van der Waals surface area (Å²) in [4.78, 5) is 31.5. The van der Waals surface area contributed by atoms with Crippen molar-refractivity contribution in [2.24, 2.45) is 0 Å². The first kappa shape index (κ1) is 28.8. The summed E-state index contributed by atoms with van der Waals surface area (Å²) in [6.07, 6.45) is 6.55. The standard InChI is InChI=1S/C15H18O2.C5H8O2.C4H6O2/c1-3-4-12-17-15(16)13(2)10-11-14-8-6-5-7-9-14;1-4(2)5(6)7-3;1-3-4(5)6-2/h5-11H,2-4,12H2,1H3;1H2,2-3H3;3H,1H2,2H3. The highest BCUT2D eigenvalue weighted by atomic mass is 16.5. The van der Waals surface area contributed by atoms with E-state index in [4.69, 9.17) is 4.74 Å². The van der Waals surface area contributed by atoms with E-state index in [1.807, 2.05) is 36.4 Å². The second-order valence-electron chi connectivity index (χ2n) is 5.76. The van der Waals surface area contributed by atoms with Crippen LogP contribution in [0.1, 0.15) is 32.3 Å². The van der Waals surface area contributed by atoms with Crippen LogP contribution < -0.4 is 0 Å². The first-order valence-electron chi connectivity index (χ1n) is 9.26. The van der Waals surface area contributed by atoms with Gasteiger partial charge in [-0.15, -0.1) is 0 Å². The molecule has 0 saturated heterocycles. The smallest absolute Gasteiger partial charge is 0.337 e. The molecule has 1 aromatic carbocycles. The maximum absolute atomic E-state index is 11.5. The topological polar surface area (TPSA) is 78.9 Å². The van der Waals surface area contributed by atoms with Crippen molar-refractivity contribution in [1.82, 2.24) is 0 Å². The molecule has 1 rings (SSSR count). The van der Waals surface area contributed by atoms with Gasteiger partial charge in [-0.1, -0.05) is 69.5 Å². The fourth-order valence-electron chi connectivity index (χ4n) is 1.49. The number of unbranched alkanes of at least 4 members (excludes halogenated alkanes) is 1. The van der Waals surface area contributed by atoms with Crippen LogP contribution in [0.2, 0.25) is 0 Å². The number of rotatable bonds is 8. The van der Waals surface area contributed by atoms with Crippen LogP contribution in [0.25, 0.3) is 6.08 Å². The number of carbonyl (C=O) groups excluding carboxylic acids is 3. The van der Waals surface area contributed by atoms with Crippen LogP contribution in [0.3, 0.4) is 0 Å². The van der Waals surface area contributed by atoms with Crippen LogP contribution in [0, 0.1) is 0 Å². The lowest BCUT2D eigenvalue weighted by Gasteiger charge is -2.02. The van der Waals surface area contributed by atoms with Gasteiger partial charge in [-0.2, -0.15) is 0 Å². The largest absolute Gasteiger partial charge is 0.466 e. The van der Waals surface area contributed by atoms with Gasteiger partial charge in [0.1, 0.15) is 0 Å². The van der Waals surface area contributed by atoms with E-state index in [9.17, 15) is 14.4 Å². The maximum Gasteiger partial charge on any atom is 0.337 e. The second-order valence-corrected chi connectivity index (χ2v) is 5.76. The van der Waals surface area contributed by atoms with Crippen molar-refractivity contribution >= 4 is 24.0 Å². The van der Waals surface area contributed by atoms with Gasteiger partial charge >= 0.3 is 17.9 Å². The minimum absolute atomic E-state index is 0.342. The van der Waals surface area contributed by atoms with E-state index < -0.39 is 5.97 Å². The molecule has 0 aliphatic rings. The van der Waals surface area contributed by atoms with Crippen LogP contribution in [0.4, 0.5) is 0 Å². The first-order chi connectivity index (χ1) is 14.2. The number of ether oxygens (including phenoxy) is 3. The Labute approximate surface area is 179 Å². The Morgan fingerprint density at radius 2 is 1.60 bits per heavy atom. The lowest BCUT2D eigenvalue weighted by molar-refractivity contribution is -0.139. The third-order valence-corrected chi connectivity index (χ3v) is 3.17. The van der Waals surface area contributed by atoms with E-state index in [0.717, 1.165) is 24.5 Å². The highest BCUT2D eigenvalue weighted by molar-refractivity contribution is 5.92. The van der Waals surface area contributed by atoms with Gasteiger partial charge in [-0.25, -0.2) is 14.4 Å². The predicted octanol–water partition coefficient (Wildman–Crippen LogP) is 4.68. The molecule has 0 aliphatic heterocycles.